The number of rotatable bonds is 6. The van der Waals surface area contributed by atoms with Crippen LogP contribution in [-0.2, 0) is 16.6 Å². The number of hydrogen-bond acceptors (Lipinski definition) is 4. The zero-order chi connectivity index (χ0) is 18.6. The molecule has 1 saturated heterocycles. The topological polar surface area (TPSA) is 91.5 Å². The van der Waals surface area contributed by atoms with Gasteiger partial charge >= 0.3 is 0 Å². The quantitative estimate of drug-likeness (QED) is 0.807. The SMILES string of the molecule is COc1ccccc1CNC(=O)c1cc(S(=O)(=O)N2CCCCC2)c[nH]1. The summed E-state index contributed by atoms with van der Waals surface area (Å²) in [5.41, 5.74) is 1.06. The Labute approximate surface area is 153 Å². The van der Waals surface area contributed by atoms with E-state index in [1.807, 2.05) is 24.3 Å². The molecule has 1 aliphatic heterocycles. The highest BCUT2D eigenvalue weighted by molar-refractivity contribution is 7.89. The molecule has 1 fully saturated rings. The van der Waals surface area contributed by atoms with Crippen molar-refractivity contribution in [2.24, 2.45) is 0 Å². The molecule has 1 aromatic heterocycles. The van der Waals surface area contributed by atoms with Gasteiger partial charge in [-0.3, -0.25) is 4.79 Å². The monoisotopic (exact) mass is 377 g/mol. The molecule has 3 rings (SSSR count). The number of sulfonamides is 1. The number of ether oxygens (including phenoxy) is 1. The van der Waals surface area contributed by atoms with E-state index in [1.165, 1.54) is 16.6 Å². The number of aromatic nitrogens is 1. The highest BCUT2D eigenvalue weighted by atomic mass is 32.2. The second-order valence-electron chi connectivity index (χ2n) is 6.21. The Hall–Kier alpha value is -2.32. The van der Waals surface area contributed by atoms with Gasteiger partial charge in [0, 0.05) is 31.4 Å². The third-order valence-corrected chi connectivity index (χ3v) is 6.36. The highest BCUT2D eigenvalue weighted by Crippen LogP contribution is 2.21. The second-order valence-corrected chi connectivity index (χ2v) is 8.15. The first-order valence-corrected chi connectivity index (χ1v) is 10.0. The molecule has 0 spiro atoms. The number of amides is 1. The smallest absolute Gasteiger partial charge is 0.268 e. The molecular formula is C18H23N3O4S. The number of hydrogen-bond donors (Lipinski definition) is 2. The van der Waals surface area contributed by atoms with Crippen LogP contribution >= 0.6 is 0 Å². The molecule has 7 nitrogen and oxygen atoms in total. The maximum Gasteiger partial charge on any atom is 0.268 e. The fourth-order valence-electron chi connectivity index (χ4n) is 3.03. The van der Waals surface area contributed by atoms with Crippen LogP contribution in [0.25, 0.3) is 0 Å². The van der Waals surface area contributed by atoms with E-state index in [1.54, 1.807) is 7.11 Å². The van der Waals surface area contributed by atoms with Gasteiger partial charge < -0.3 is 15.0 Å². The predicted octanol–water partition coefficient (Wildman–Crippen LogP) is 2.13. The Balaban J connectivity index is 1.68. The van der Waals surface area contributed by atoms with E-state index >= 15 is 0 Å². The molecule has 140 valence electrons. The minimum atomic E-state index is -3.55. The van der Waals surface area contributed by atoms with Crippen LogP contribution in [0.4, 0.5) is 0 Å². The normalized spacial score (nSPS) is 15.6. The Morgan fingerprint density at radius 1 is 1.23 bits per heavy atom. The summed E-state index contributed by atoms with van der Waals surface area (Å²) < 4.78 is 32.0. The molecule has 1 aliphatic rings. The number of benzene rings is 1. The van der Waals surface area contributed by atoms with E-state index in [4.69, 9.17) is 4.74 Å². The second kappa shape index (κ2) is 7.92. The number of methoxy groups -OCH3 is 1. The molecule has 0 bridgehead atoms. The third-order valence-electron chi connectivity index (χ3n) is 4.49. The predicted molar refractivity (Wildman–Crippen MR) is 97.6 cm³/mol. The zero-order valence-electron chi connectivity index (χ0n) is 14.7. The van der Waals surface area contributed by atoms with Crippen molar-refractivity contribution in [1.29, 1.82) is 0 Å². The number of nitrogens with zero attached hydrogens (tertiary/aromatic N) is 1. The minimum absolute atomic E-state index is 0.127. The lowest BCUT2D eigenvalue weighted by atomic mass is 10.2. The fourth-order valence-corrected chi connectivity index (χ4v) is 4.54. The Morgan fingerprint density at radius 3 is 2.69 bits per heavy atom. The van der Waals surface area contributed by atoms with E-state index in [0.717, 1.165) is 24.8 Å². The maximum absolute atomic E-state index is 12.6. The molecule has 0 aliphatic carbocycles. The summed E-state index contributed by atoms with van der Waals surface area (Å²) in [6.45, 7) is 1.35. The molecule has 2 aromatic rings. The number of piperidine rings is 1. The van der Waals surface area contributed by atoms with Crippen molar-refractivity contribution >= 4 is 15.9 Å². The van der Waals surface area contributed by atoms with E-state index in [9.17, 15) is 13.2 Å². The van der Waals surface area contributed by atoms with Gasteiger partial charge in [-0.25, -0.2) is 8.42 Å². The van der Waals surface area contributed by atoms with Crippen molar-refractivity contribution in [3.63, 3.8) is 0 Å². The van der Waals surface area contributed by atoms with Gasteiger partial charge in [0.25, 0.3) is 5.91 Å². The molecule has 2 heterocycles. The van der Waals surface area contributed by atoms with E-state index in [-0.39, 0.29) is 23.0 Å². The van der Waals surface area contributed by atoms with Crippen molar-refractivity contribution in [1.82, 2.24) is 14.6 Å². The zero-order valence-corrected chi connectivity index (χ0v) is 15.5. The van der Waals surface area contributed by atoms with E-state index in [2.05, 4.69) is 10.3 Å². The lowest BCUT2D eigenvalue weighted by molar-refractivity contribution is 0.0946. The van der Waals surface area contributed by atoms with Crippen LogP contribution in [0.3, 0.4) is 0 Å². The number of aromatic amines is 1. The van der Waals surface area contributed by atoms with Crippen molar-refractivity contribution in [2.75, 3.05) is 20.2 Å². The highest BCUT2D eigenvalue weighted by Gasteiger charge is 2.27. The van der Waals surface area contributed by atoms with Gasteiger partial charge in [0.15, 0.2) is 0 Å². The van der Waals surface area contributed by atoms with Crippen molar-refractivity contribution in [3.8, 4) is 5.75 Å². The van der Waals surface area contributed by atoms with Gasteiger partial charge in [0.05, 0.1) is 7.11 Å². The van der Waals surface area contributed by atoms with Gasteiger partial charge in [-0.15, -0.1) is 0 Å². The van der Waals surface area contributed by atoms with Gasteiger partial charge in [-0.05, 0) is 25.0 Å². The van der Waals surface area contributed by atoms with Crippen LogP contribution in [0, 0.1) is 0 Å². The Morgan fingerprint density at radius 2 is 1.96 bits per heavy atom. The average molecular weight is 377 g/mol. The first kappa shape index (κ1) is 18.5. The number of carbonyl (C=O) groups is 1. The van der Waals surface area contributed by atoms with Crippen molar-refractivity contribution < 1.29 is 17.9 Å². The largest absolute Gasteiger partial charge is 0.496 e. The minimum Gasteiger partial charge on any atom is -0.496 e. The Bertz CT molecular complexity index is 870. The van der Waals surface area contributed by atoms with Gasteiger partial charge in [-0.2, -0.15) is 4.31 Å². The van der Waals surface area contributed by atoms with Gasteiger partial charge in [0.1, 0.15) is 16.3 Å². The van der Waals surface area contributed by atoms with Gasteiger partial charge in [0.2, 0.25) is 10.0 Å². The summed E-state index contributed by atoms with van der Waals surface area (Å²) in [7, 11) is -1.98. The molecule has 0 saturated carbocycles. The lowest BCUT2D eigenvalue weighted by Gasteiger charge is -2.25. The molecule has 1 amide bonds. The fraction of sp³-hybridized carbons (Fsp3) is 0.389. The van der Waals surface area contributed by atoms with Crippen LogP contribution in [0.2, 0.25) is 0 Å². The summed E-state index contributed by atoms with van der Waals surface area (Å²) in [6.07, 6.45) is 4.17. The number of nitrogens with one attached hydrogen (secondary N) is 2. The molecule has 2 N–H and O–H groups in total. The first-order chi connectivity index (χ1) is 12.5. The van der Waals surface area contributed by atoms with Crippen molar-refractivity contribution in [3.05, 3.63) is 47.8 Å². The molecule has 1 aromatic carbocycles. The molecular weight excluding hydrogens is 354 g/mol. The number of H-pyrrole nitrogens is 1. The maximum atomic E-state index is 12.6. The van der Waals surface area contributed by atoms with Crippen LogP contribution in [0.15, 0.2) is 41.4 Å². The summed E-state index contributed by atoms with van der Waals surface area (Å²) in [6, 6.07) is 8.79. The third kappa shape index (κ3) is 3.91. The summed E-state index contributed by atoms with van der Waals surface area (Å²) >= 11 is 0. The van der Waals surface area contributed by atoms with Crippen molar-refractivity contribution in [2.45, 2.75) is 30.7 Å². The number of para-hydroxylation sites is 1. The molecule has 0 atom stereocenters. The molecule has 8 heteroatoms. The van der Waals surface area contributed by atoms with Crippen LogP contribution < -0.4 is 10.1 Å². The van der Waals surface area contributed by atoms with Crippen LogP contribution in [0.5, 0.6) is 5.75 Å². The number of carbonyl (C=O) groups excluding carboxylic acids is 1. The molecule has 0 radical (unpaired) electrons. The van der Waals surface area contributed by atoms with Crippen LogP contribution in [-0.4, -0.2) is 43.8 Å². The molecule has 26 heavy (non-hydrogen) atoms. The summed E-state index contributed by atoms with van der Waals surface area (Å²) in [5.74, 6) is 0.323. The standard InChI is InChI=1S/C18H23N3O4S/c1-25-17-8-4-3-7-14(17)12-20-18(22)16-11-15(13-19-16)26(23,24)21-9-5-2-6-10-21/h3-4,7-8,11,13,19H,2,5-6,9-10,12H2,1H3,(H,20,22). The van der Waals surface area contributed by atoms with E-state index in [0.29, 0.717) is 18.8 Å². The summed E-state index contributed by atoms with van der Waals surface area (Å²) in [4.78, 5) is 15.2. The van der Waals surface area contributed by atoms with Crippen LogP contribution in [0.1, 0.15) is 35.3 Å². The average Bonchev–Trinajstić information content (AvgIpc) is 3.18. The lowest BCUT2D eigenvalue weighted by Crippen LogP contribution is -2.35. The van der Waals surface area contributed by atoms with E-state index < -0.39 is 10.0 Å². The molecule has 0 unspecified atom stereocenters. The van der Waals surface area contributed by atoms with Gasteiger partial charge in [-0.1, -0.05) is 24.6 Å². The first-order valence-electron chi connectivity index (χ1n) is 8.61. The summed E-state index contributed by atoms with van der Waals surface area (Å²) in [5, 5.41) is 2.78. The Kier molecular flexibility index (Phi) is 5.63.